The van der Waals surface area contributed by atoms with Crippen LogP contribution in [0.2, 0.25) is 0 Å². The Hall–Kier alpha value is -3.19. The van der Waals surface area contributed by atoms with E-state index < -0.39 is 29.4 Å². The molecule has 2 N–H and O–H groups in total. The zero-order valence-corrected chi connectivity index (χ0v) is 18.5. The van der Waals surface area contributed by atoms with Gasteiger partial charge in [-0.2, -0.15) is 0 Å². The Kier molecular flexibility index (Phi) is 5.77. The second kappa shape index (κ2) is 8.39. The number of hydrogen-bond acceptors (Lipinski definition) is 6. The number of phenols is 1. The summed E-state index contributed by atoms with van der Waals surface area (Å²) in [5.41, 5.74) is 0.943. The highest BCUT2D eigenvalue weighted by atomic mass is 16.5. The molecule has 2 fully saturated rings. The molecule has 0 saturated carbocycles. The normalized spacial score (nSPS) is 27.0. The van der Waals surface area contributed by atoms with E-state index in [0.717, 1.165) is 17.5 Å². The van der Waals surface area contributed by atoms with Gasteiger partial charge in [-0.25, -0.2) is 4.90 Å². The molecule has 2 amide bonds. The van der Waals surface area contributed by atoms with Gasteiger partial charge in [0.25, 0.3) is 0 Å². The summed E-state index contributed by atoms with van der Waals surface area (Å²) in [6, 6.07) is 13.1. The van der Waals surface area contributed by atoms with E-state index in [0.29, 0.717) is 18.5 Å². The van der Waals surface area contributed by atoms with Gasteiger partial charge >= 0.3 is 5.97 Å². The zero-order valence-electron chi connectivity index (χ0n) is 18.5. The van der Waals surface area contributed by atoms with Gasteiger partial charge in [-0.05, 0) is 43.2 Å². The number of aromatic hydroxyl groups is 1. The van der Waals surface area contributed by atoms with Crippen LogP contribution in [-0.2, 0) is 19.1 Å². The molecule has 2 heterocycles. The first-order chi connectivity index (χ1) is 15.3. The van der Waals surface area contributed by atoms with E-state index >= 15 is 0 Å². The number of nitrogens with zero attached hydrogens (tertiary/aromatic N) is 1. The average Bonchev–Trinajstić information content (AvgIpc) is 3.27. The number of ether oxygens (including phenoxy) is 1. The fourth-order valence-electron chi connectivity index (χ4n) is 5.08. The number of fused-ring (bicyclic) bond motifs is 1. The van der Waals surface area contributed by atoms with Gasteiger partial charge in [0.1, 0.15) is 11.3 Å². The summed E-state index contributed by atoms with van der Waals surface area (Å²) in [7, 11) is 1.31. The van der Waals surface area contributed by atoms with E-state index in [-0.39, 0.29) is 17.6 Å². The first kappa shape index (κ1) is 22.0. The number of carbonyl (C=O) groups is 3. The number of methoxy groups -OCH3 is 1. The third-order valence-electron chi connectivity index (χ3n) is 6.67. The van der Waals surface area contributed by atoms with Crippen LogP contribution >= 0.6 is 0 Å². The third-order valence-corrected chi connectivity index (χ3v) is 6.67. The molecule has 0 spiro atoms. The monoisotopic (exact) mass is 436 g/mol. The summed E-state index contributed by atoms with van der Waals surface area (Å²) >= 11 is 0. The van der Waals surface area contributed by atoms with Gasteiger partial charge in [0.15, 0.2) is 0 Å². The fraction of sp³-hybridized carbons (Fsp3) is 0.400. The summed E-state index contributed by atoms with van der Waals surface area (Å²) in [6.45, 7) is 3.94. The molecule has 7 nitrogen and oxygen atoms in total. The number of carbonyl (C=O) groups excluding carboxylic acids is 3. The highest BCUT2D eigenvalue weighted by Gasteiger charge is 2.68. The van der Waals surface area contributed by atoms with Crippen LogP contribution in [0.5, 0.6) is 5.75 Å². The van der Waals surface area contributed by atoms with Crippen molar-refractivity contribution in [3.8, 4) is 5.75 Å². The highest BCUT2D eigenvalue weighted by Crippen LogP contribution is 2.51. The van der Waals surface area contributed by atoms with Crippen molar-refractivity contribution in [3.05, 3.63) is 59.7 Å². The number of nitrogens with one attached hydrogen (secondary N) is 1. The highest BCUT2D eigenvalue weighted by molar-refractivity contribution is 6.24. The molecule has 0 bridgehead atoms. The average molecular weight is 437 g/mol. The number of rotatable bonds is 6. The molecular formula is C25H28N2O5. The molecule has 2 aromatic carbocycles. The van der Waals surface area contributed by atoms with Crippen molar-refractivity contribution < 1.29 is 24.2 Å². The Morgan fingerprint density at radius 3 is 2.34 bits per heavy atom. The van der Waals surface area contributed by atoms with Crippen molar-refractivity contribution in [1.29, 1.82) is 0 Å². The SMILES string of the molecule is CCCC[C@]1(C(=O)OC)N[C@H](c2ccc(O)cc2)[C@@H]2C(=O)N(c3ccc(C)cc3)C(=O)[C@H]21. The number of imide groups is 1. The number of phenolic OH excluding ortho intramolecular Hbond substituents is 1. The van der Waals surface area contributed by atoms with E-state index in [1.807, 2.05) is 26.0 Å². The van der Waals surface area contributed by atoms with Crippen molar-refractivity contribution in [3.63, 3.8) is 0 Å². The van der Waals surface area contributed by atoms with E-state index in [4.69, 9.17) is 4.74 Å². The standard InChI is InChI=1S/C25H28N2O5/c1-4-5-14-25(24(31)32-3)20-19(21(26-25)16-8-12-18(28)13-9-16)22(29)27(23(20)30)17-10-6-15(2)7-11-17/h6-13,19-21,26,28H,4-5,14H2,1-3H3/t19-,20+,21-,25+/m1/s1. The lowest BCUT2D eigenvalue weighted by Crippen LogP contribution is -2.56. The van der Waals surface area contributed by atoms with Crippen LogP contribution in [0.3, 0.4) is 0 Å². The van der Waals surface area contributed by atoms with E-state index in [2.05, 4.69) is 5.32 Å². The number of amides is 2. The fourth-order valence-corrected chi connectivity index (χ4v) is 5.08. The van der Waals surface area contributed by atoms with Crippen molar-refractivity contribution in [2.45, 2.75) is 44.7 Å². The van der Waals surface area contributed by atoms with Gasteiger partial charge in [0.2, 0.25) is 11.8 Å². The van der Waals surface area contributed by atoms with Crippen molar-refractivity contribution in [1.82, 2.24) is 5.32 Å². The second-order valence-electron chi connectivity index (χ2n) is 8.63. The zero-order chi connectivity index (χ0) is 23.0. The number of anilines is 1. The maximum Gasteiger partial charge on any atom is 0.326 e. The molecule has 2 aliphatic heterocycles. The lowest BCUT2D eigenvalue weighted by Gasteiger charge is -2.32. The quantitative estimate of drug-likeness (QED) is 0.533. The Bertz CT molecular complexity index is 1030. The molecule has 0 aliphatic carbocycles. The first-order valence-electron chi connectivity index (χ1n) is 10.9. The van der Waals surface area contributed by atoms with Gasteiger partial charge < -0.3 is 9.84 Å². The maximum absolute atomic E-state index is 13.7. The molecular weight excluding hydrogens is 408 g/mol. The van der Waals surface area contributed by atoms with Gasteiger partial charge in [0, 0.05) is 6.04 Å². The first-order valence-corrected chi connectivity index (χ1v) is 10.9. The van der Waals surface area contributed by atoms with E-state index in [1.165, 1.54) is 24.1 Å². The summed E-state index contributed by atoms with van der Waals surface area (Å²) in [5.74, 6) is -2.80. The Labute approximate surface area is 187 Å². The number of unbranched alkanes of at least 4 members (excludes halogenated alkanes) is 1. The van der Waals surface area contributed by atoms with Crippen LogP contribution in [0, 0.1) is 18.8 Å². The predicted octanol–water partition coefficient (Wildman–Crippen LogP) is 3.25. The van der Waals surface area contributed by atoms with Gasteiger partial charge in [-0.15, -0.1) is 0 Å². The van der Waals surface area contributed by atoms with E-state index in [1.54, 1.807) is 24.3 Å². The summed E-state index contributed by atoms with van der Waals surface area (Å²) < 4.78 is 5.16. The predicted molar refractivity (Wildman–Crippen MR) is 119 cm³/mol. The number of benzene rings is 2. The third kappa shape index (κ3) is 3.37. The van der Waals surface area contributed by atoms with Crippen molar-refractivity contribution >= 4 is 23.5 Å². The Morgan fingerprint density at radius 2 is 1.75 bits per heavy atom. The molecule has 32 heavy (non-hydrogen) atoms. The molecule has 4 atom stereocenters. The largest absolute Gasteiger partial charge is 0.508 e. The minimum absolute atomic E-state index is 0.101. The van der Waals surface area contributed by atoms with Crippen LogP contribution < -0.4 is 10.2 Å². The molecule has 7 heteroatoms. The van der Waals surface area contributed by atoms with Crippen molar-refractivity contribution in [2.24, 2.45) is 11.8 Å². The van der Waals surface area contributed by atoms with Crippen molar-refractivity contribution in [2.75, 3.05) is 12.0 Å². The molecule has 0 radical (unpaired) electrons. The maximum atomic E-state index is 13.7. The van der Waals surface area contributed by atoms with Crippen LogP contribution in [-0.4, -0.2) is 35.5 Å². The second-order valence-corrected chi connectivity index (χ2v) is 8.63. The summed E-state index contributed by atoms with van der Waals surface area (Å²) in [4.78, 5) is 41.8. The number of hydrogen-bond donors (Lipinski definition) is 2. The number of aryl methyl sites for hydroxylation is 1. The number of esters is 1. The molecule has 168 valence electrons. The molecule has 0 aromatic heterocycles. The molecule has 4 rings (SSSR count). The van der Waals surface area contributed by atoms with E-state index in [9.17, 15) is 19.5 Å². The lowest BCUT2D eigenvalue weighted by atomic mass is 9.76. The molecule has 2 saturated heterocycles. The van der Waals surface area contributed by atoms with Crippen LogP contribution in [0.25, 0.3) is 0 Å². The van der Waals surface area contributed by atoms with Crippen LogP contribution in [0.4, 0.5) is 5.69 Å². The molecule has 0 unspecified atom stereocenters. The summed E-state index contributed by atoms with van der Waals surface area (Å²) in [5, 5.41) is 13.1. The minimum Gasteiger partial charge on any atom is -0.508 e. The summed E-state index contributed by atoms with van der Waals surface area (Å²) in [6.07, 6.45) is 1.90. The van der Waals surface area contributed by atoms with Crippen LogP contribution in [0.1, 0.15) is 43.4 Å². The minimum atomic E-state index is -1.30. The topological polar surface area (TPSA) is 95.9 Å². The molecule has 2 aromatic rings. The smallest absolute Gasteiger partial charge is 0.326 e. The lowest BCUT2D eigenvalue weighted by molar-refractivity contribution is -0.152. The Balaban J connectivity index is 1.85. The Morgan fingerprint density at radius 1 is 1.09 bits per heavy atom. The van der Waals surface area contributed by atoms with Crippen LogP contribution in [0.15, 0.2) is 48.5 Å². The van der Waals surface area contributed by atoms with Gasteiger partial charge in [-0.1, -0.05) is 49.6 Å². The molecule has 2 aliphatic rings. The van der Waals surface area contributed by atoms with Gasteiger partial charge in [-0.3, -0.25) is 19.7 Å². The van der Waals surface area contributed by atoms with Gasteiger partial charge in [0.05, 0.1) is 24.6 Å².